The molecule has 170 valence electrons. The summed E-state index contributed by atoms with van der Waals surface area (Å²) in [6.45, 7) is 6.87. The summed E-state index contributed by atoms with van der Waals surface area (Å²) in [6.07, 6.45) is 29.0. The third-order valence-electron chi connectivity index (χ3n) is 5.43. The normalized spacial score (nSPS) is 10.7. The van der Waals surface area contributed by atoms with Crippen LogP contribution in [0.3, 0.4) is 0 Å². The van der Waals surface area contributed by atoms with Gasteiger partial charge in [-0.2, -0.15) is 12.6 Å². The molecule has 0 bridgehead atoms. The fourth-order valence-corrected chi connectivity index (χ4v) is 7.77. The number of hydrogen-bond acceptors (Lipinski definition) is 1. The molecule has 0 N–H and O–H groups in total. The number of unbranched alkanes of at least 4 members (excludes halogenated alkanes) is 17. The molecule has 0 aromatic heterocycles. The molecule has 0 rings (SSSR count). The van der Waals surface area contributed by atoms with E-state index in [-0.39, 0.29) is 21.1 Å². The molecule has 2 heteroatoms. The van der Waals surface area contributed by atoms with Crippen molar-refractivity contribution in [1.29, 1.82) is 0 Å². The topological polar surface area (TPSA) is 0 Å². The molecule has 0 aliphatic carbocycles. The number of hydrogen-bond donors (Lipinski definition) is 1. The molecular weight excluding hydrogens is 463 g/mol. The van der Waals surface area contributed by atoms with Gasteiger partial charge in [0.05, 0.1) is 0 Å². The van der Waals surface area contributed by atoms with E-state index >= 15 is 0 Å². The standard InChI is InChI=1S/C18H38S.2C4H9.Sn/c1-2-3-4-5-6-7-8-9-10-11-12-13-14-15-16-17-18-19;2*1-3-4-2;/h19H,2-18H2,1H3;2*1,3-4H2,2H3;. The molecule has 0 unspecified atom stereocenters. The molecule has 0 atom stereocenters. The second kappa shape index (κ2) is 32.8. The van der Waals surface area contributed by atoms with Crippen molar-refractivity contribution in [1.82, 2.24) is 0 Å². The fraction of sp³-hybridized carbons (Fsp3) is 1.00. The molecule has 0 aromatic carbocycles. The van der Waals surface area contributed by atoms with Gasteiger partial charge in [-0.15, -0.1) is 0 Å². The average Bonchev–Trinajstić information content (AvgIpc) is 2.71. The van der Waals surface area contributed by atoms with Crippen molar-refractivity contribution in [2.24, 2.45) is 0 Å². The van der Waals surface area contributed by atoms with Gasteiger partial charge in [0.1, 0.15) is 0 Å². The summed E-state index contributed by atoms with van der Waals surface area (Å²) >= 11 is 4.39. The van der Waals surface area contributed by atoms with Crippen LogP contribution in [0.5, 0.6) is 0 Å². The first kappa shape index (κ1) is 31.3. The molecule has 0 aliphatic heterocycles. The van der Waals surface area contributed by atoms with Crippen LogP contribution in [0.1, 0.15) is 149 Å². The van der Waals surface area contributed by atoms with Crippen LogP contribution in [0.4, 0.5) is 0 Å². The molecule has 2 radical (unpaired) electrons. The van der Waals surface area contributed by atoms with Crippen molar-refractivity contribution in [3.63, 3.8) is 0 Å². The summed E-state index contributed by atoms with van der Waals surface area (Å²) in [6, 6.07) is 0. The van der Waals surface area contributed by atoms with Gasteiger partial charge in [0.15, 0.2) is 0 Å². The van der Waals surface area contributed by atoms with Crippen molar-refractivity contribution < 1.29 is 0 Å². The molecule has 0 saturated carbocycles. The van der Waals surface area contributed by atoms with Crippen molar-refractivity contribution in [2.45, 2.75) is 158 Å². The first-order valence-corrected chi connectivity index (χ1v) is 17.8. The van der Waals surface area contributed by atoms with Gasteiger partial charge in [-0.05, 0) is 12.2 Å². The Labute approximate surface area is 196 Å². The molecule has 0 aromatic rings. The average molecular weight is 520 g/mol. The van der Waals surface area contributed by atoms with E-state index in [1.54, 1.807) is 8.87 Å². The Balaban J connectivity index is 0. The van der Waals surface area contributed by atoms with Crippen molar-refractivity contribution in [3.05, 3.63) is 0 Å². The zero-order chi connectivity index (χ0) is 21.0. The zero-order valence-electron chi connectivity index (χ0n) is 20.2. The van der Waals surface area contributed by atoms with Gasteiger partial charge in [-0.3, -0.25) is 0 Å². The molecule has 0 saturated heterocycles. The van der Waals surface area contributed by atoms with Crippen LogP contribution >= 0.6 is 12.6 Å². The summed E-state index contributed by atoms with van der Waals surface area (Å²) in [5, 5.41) is 0. The molecule has 0 fully saturated rings. The molecule has 0 nitrogen and oxygen atoms in total. The molecule has 0 spiro atoms. The van der Waals surface area contributed by atoms with Crippen LogP contribution in [0.2, 0.25) is 8.87 Å². The Kier molecular flexibility index (Phi) is 36.7. The Bertz CT molecular complexity index is 210. The Hall–Kier alpha value is 1.15. The van der Waals surface area contributed by atoms with E-state index < -0.39 is 0 Å². The second-order valence-electron chi connectivity index (χ2n) is 8.48. The molecule has 0 aliphatic rings. The van der Waals surface area contributed by atoms with E-state index in [0.29, 0.717) is 0 Å². The number of rotatable bonds is 22. The van der Waals surface area contributed by atoms with Gasteiger partial charge < -0.3 is 0 Å². The van der Waals surface area contributed by atoms with E-state index in [1.165, 1.54) is 128 Å². The van der Waals surface area contributed by atoms with Gasteiger partial charge in [0.2, 0.25) is 0 Å². The van der Waals surface area contributed by atoms with Crippen LogP contribution in [0.25, 0.3) is 0 Å². The monoisotopic (exact) mass is 520 g/mol. The Morgan fingerprint density at radius 1 is 0.393 bits per heavy atom. The summed E-state index contributed by atoms with van der Waals surface area (Å²) < 4.78 is 3.25. The zero-order valence-corrected chi connectivity index (χ0v) is 24.0. The van der Waals surface area contributed by atoms with Crippen molar-refractivity contribution >= 4 is 33.8 Å². The molecule has 0 amide bonds. The molecule has 28 heavy (non-hydrogen) atoms. The van der Waals surface area contributed by atoms with Gasteiger partial charge in [-0.1, -0.05) is 103 Å². The minimum atomic E-state index is 0.149. The predicted octanol–water partition coefficient (Wildman–Crippen LogP) is 10.3. The first-order chi connectivity index (χ1) is 13.8. The van der Waals surface area contributed by atoms with Crippen molar-refractivity contribution in [2.75, 3.05) is 5.75 Å². The van der Waals surface area contributed by atoms with Crippen LogP contribution in [0, 0.1) is 0 Å². The van der Waals surface area contributed by atoms with Gasteiger partial charge in [0, 0.05) is 0 Å². The maximum atomic E-state index is 4.24. The third-order valence-corrected chi connectivity index (χ3v) is 9.78. The fourth-order valence-electron chi connectivity index (χ4n) is 3.39. The minimum absolute atomic E-state index is 0.149. The predicted molar refractivity (Wildman–Crippen MR) is 139 cm³/mol. The SMILES string of the molecule is CCCCCCCCCCCCCCCCCCS.CCC[CH2][Sn][CH2]CCC. The summed E-state index contributed by atoms with van der Waals surface area (Å²) in [7, 11) is 0. The van der Waals surface area contributed by atoms with Crippen LogP contribution < -0.4 is 0 Å². The summed E-state index contributed by atoms with van der Waals surface area (Å²) in [4.78, 5) is 0. The van der Waals surface area contributed by atoms with Crippen LogP contribution in [0.15, 0.2) is 0 Å². The van der Waals surface area contributed by atoms with Gasteiger partial charge in [0.25, 0.3) is 0 Å². The van der Waals surface area contributed by atoms with E-state index in [0.717, 1.165) is 5.75 Å². The first-order valence-electron chi connectivity index (χ1n) is 13.1. The Morgan fingerprint density at radius 2 is 0.679 bits per heavy atom. The summed E-state index contributed by atoms with van der Waals surface area (Å²) in [5.41, 5.74) is 0. The maximum absolute atomic E-state index is 4.24. The van der Waals surface area contributed by atoms with Crippen LogP contribution in [-0.4, -0.2) is 26.9 Å². The van der Waals surface area contributed by atoms with Crippen molar-refractivity contribution in [3.8, 4) is 0 Å². The molecular formula is C26H56SSn. The third kappa shape index (κ3) is 34.6. The Morgan fingerprint density at radius 3 is 0.964 bits per heavy atom. The van der Waals surface area contributed by atoms with Gasteiger partial charge in [-0.25, -0.2) is 0 Å². The van der Waals surface area contributed by atoms with E-state index in [9.17, 15) is 0 Å². The van der Waals surface area contributed by atoms with E-state index in [2.05, 4.69) is 33.4 Å². The molecule has 0 heterocycles. The van der Waals surface area contributed by atoms with E-state index in [4.69, 9.17) is 0 Å². The van der Waals surface area contributed by atoms with Crippen LogP contribution in [-0.2, 0) is 0 Å². The van der Waals surface area contributed by atoms with Gasteiger partial charge >= 0.3 is 69.5 Å². The quantitative estimate of drug-likeness (QED) is 0.0821. The second-order valence-corrected chi connectivity index (χ2v) is 13.2. The number of thiol groups is 1. The van der Waals surface area contributed by atoms with E-state index in [1.807, 2.05) is 0 Å². The summed E-state index contributed by atoms with van der Waals surface area (Å²) in [5.74, 6) is 1.07.